The van der Waals surface area contributed by atoms with E-state index in [1.807, 2.05) is 6.92 Å². The summed E-state index contributed by atoms with van der Waals surface area (Å²) in [5.41, 5.74) is 4.59. The van der Waals surface area contributed by atoms with Crippen LogP contribution in [0.1, 0.15) is 33.2 Å². The highest BCUT2D eigenvalue weighted by Crippen LogP contribution is 2.16. The zero-order chi connectivity index (χ0) is 18.7. The zero-order valence-corrected chi connectivity index (χ0v) is 14.4. The molecule has 0 saturated heterocycles. The van der Waals surface area contributed by atoms with Crippen LogP contribution in [0.3, 0.4) is 0 Å². The van der Waals surface area contributed by atoms with Crippen molar-refractivity contribution in [3.05, 3.63) is 69.8 Å². The van der Waals surface area contributed by atoms with Gasteiger partial charge >= 0.3 is 0 Å². The zero-order valence-electron chi connectivity index (χ0n) is 14.4. The number of benzene rings is 2. The Kier molecular flexibility index (Phi) is 4.90. The Balaban J connectivity index is 2.14. The van der Waals surface area contributed by atoms with Gasteiger partial charge in [-0.2, -0.15) is 0 Å². The average Bonchev–Trinajstić information content (AvgIpc) is 2.67. The van der Waals surface area contributed by atoms with Crippen molar-refractivity contribution >= 4 is 23.1 Å². The second-order valence-corrected chi connectivity index (χ2v) is 5.68. The van der Waals surface area contributed by atoms with E-state index in [-0.39, 0.29) is 5.56 Å². The van der Waals surface area contributed by atoms with Crippen molar-refractivity contribution in [2.45, 2.75) is 13.8 Å². The maximum atomic E-state index is 12.9. The van der Waals surface area contributed by atoms with Crippen LogP contribution < -0.4 is 11.0 Å². The molecule has 0 aliphatic rings. The van der Waals surface area contributed by atoms with Crippen molar-refractivity contribution in [1.82, 2.24) is 15.0 Å². The van der Waals surface area contributed by atoms with E-state index in [1.165, 1.54) is 17.0 Å². The predicted molar refractivity (Wildman–Crippen MR) is 96.6 cm³/mol. The van der Waals surface area contributed by atoms with E-state index in [4.69, 9.17) is 4.84 Å². The number of carbonyl (C=O) groups is 2. The minimum Gasteiger partial charge on any atom is -0.298 e. The molecular weight excluding hydrogens is 334 g/mol. The molecule has 2 aromatic carbocycles. The van der Waals surface area contributed by atoms with Crippen LogP contribution in [0.25, 0.3) is 16.6 Å². The van der Waals surface area contributed by atoms with Gasteiger partial charge in [0.05, 0.1) is 23.2 Å². The monoisotopic (exact) mass is 351 g/mol. The summed E-state index contributed by atoms with van der Waals surface area (Å²) in [5, 5.41) is 0.334. The number of aromatic nitrogens is 2. The van der Waals surface area contributed by atoms with Crippen molar-refractivity contribution in [3.8, 4) is 5.69 Å². The number of amides is 1. The van der Waals surface area contributed by atoms with Gasteiger partial charge < -0.3 is 0 Å². The van der Waals surface area contributed by atoms with Gasteiger partial charge in [-0.1, -0.05) is 6.07 Å². The Labute approximate surface area is 149 Å². The fourth-order valence-electron chi connectivity index (χ4n) is 2.59. The summed E-state index contributed by atoms with van der Waals surface area (Å²) in [5.74, 6) is -0.405. The van der Waals surface area contributed by atoms with Gasteiger partial charge in [-0.05, 0) is 49.7 Å². The van der Waals surface area contributed by atoms with E-state index in [0.717, 1.165) is 5.56 Å². The van der Waals surface area contributed by atoms with E-state index in [2.05, 4.69) is 10.5 Å². The van der Waals surface area contributed by atoms with Crippen molar-refractivity contribution < 1.29 is 14.4 Å². The van der Waals surface area contributed by atoms with Crippen LogP contribution in [0.15, 0.2) is 47.5 Å². The Morgan fingerprint density at radius 3 is 2.81 bits per heavy atom. The lowest BCUT2D eigenvalue weighted by Gasteiger charge is -2.12. The van der Waals surface area contributed by atoms with Crippen LogP contribution in [-0.2, 0) is 4.84 Å². The molecule has 132 valence electrons. The summed E-state index contributed by atoms with van der Waals surface area (Å²) in [6.45, 7) is 3.93. The normalized spacial score (nSPS) is 10.7. The molecule has 1 amide bonds. The maximum Gasteiger partial charge on any atom is 0.274 e. The summed E-state index contributed by atoms with van der Waals surface area (Å²) in [6, 6.07) is 9.74. The third-order valence-corrected chi connectivity index (χ3v) is 3.96. The van der Waals surface area contributed by atoms with Gasteiger partial charge in [0.1, 0.15) is 12.6 Å². The van der Waals surface area contributed by atoms with Crippen LogP contribution in [0.4, 0.5) is 0 Å². The number of fused-ring (bicyclic) bond motifs is 1. The smallest absolute Gasteiger partial charge is 0.274 e. The summed E-state index contributed by atoms with van der Waals surface area (Å²) >= 11 is 0. The summed E-state index contributed by atoms with van der Waals surface area (Å²) < 4.78 is 1.36. The summed E-state index contributed by atoms with van der Waals surface area (Å²) in [7, 11) is 0. The van der Waals surface area contributed by atoms with Gasteiger partial charge in [-0.15, -0.1) is 0 Å². The number of hydrogen-bond acceptors (Lipinski definition) is 5. The fraction of sp³-hybridized carbons (Fsp3) is 0.158. The number of nitrogens with zero attached hydrogens (tertiary/aromatic N) is 2. The third kappa shape index (κ3) is 3.25. The maximum absolute atomic E-state index is 12.9. The van der Waals surface area contributed by atoms with Gasteiger partial charge in [-0.25, -0.2) is 10.5 Å². The number of carbonyl (C=O) groups excluding carboxylic acids is 2. The molecule has 0 aliphatic heterocycles. The van der Waals surface area contributed by atoms with Gasteiger partial charge in [0, 0.05) is 11.1 Å². The van der Waals surface area contributed by atoms with Crippen LogP contribution in [0, 0.1) is 6.92 Å². The molecule has 1 aromatic heterocycles. The van der Waals surface area contributed by atoms with Crippen LogP contribution in [0.2, 0.25) is 0 Å². The standard InChI is InChI=1S/C19H17N3O4/c1-3-26-21-18(24)14-6-4-12(2)17(9-14)22-11-20-16-7-5-13(10-23)8-15(16)19(22)25/h4-11H,3H2,1-2H3,(H,21,24). The van der Waals surface area contributed by atoms with E-state index >= 15 is 0 Å². The average molecular weight is 351 g/mol. The van der Waals surface area contributed by atoms with Crippen LogP contribution in [0.5, 0.6) is 0 Å². The predicted octanol–water partition coefficient (Wildman–Crippen LogP) is 2.19. The Morgan fingerprint density at radius 2 is 2.08 bits per heavy atom. The Morgan fingerprint density at radius 1 is 1.27 bits per heavy atom. The molecule has 0 fully saturated rings. The molecule has 0 spiro atoms. The number of aldehydes is 1. The molecule has 1 N–H and O–H groups in total. The molecule has 26 heavy (non-hydrogen) atoms. The molecular formula is C19H17N3O4. The SMILES string of the molecule is CCONC(=O)c1ccc(C)c(-n2cnc3ccc(C=O)cc3c2=O)c1. The number of nitrogens with one attached hydrogen (secondary N) is 1. The molecule has 7 heteroatoms. The number of rotatable bonds is 5. The lowest BCUT2D eigenvalue weighted by molar-refractivity contribution is 0.0364. The Bertz CT molecular complexity index is 1060. The summed E-state index contributed by atoms with van der Waals surface area (Å²) in [4.78, 5) is 45.2. The van der Waals surface area contributed by atoms with E-state index in [9.17, 15) is 14.4 Å². The second-order valence-electron chi connectivity index (χ2n) is 5.68. The quantitative estimate of drug-likeness (QED) is 0.562. The van der Waals surface area contributed by atoms with E-state index in [1.54, 1.807) is 37.3 Å². The third-order valence-electron chi connectivity index (χ3n) is 3.96. The molecule has 0 aliphatic carbocycles. The molecule has 0 saturated carbocycles. The first-order valence-electron chi connectivity index (χ1n) is 8.05. The highest BCUT2D eigenvalue weighted by atomic mass is 16.6. The molecule has 7 nitrogen and oxygen atoms in total. The van der Waals surface area contributed by atoms with E-state index < -0.39 is 5.91 Å². The van der Waals surface area contributed by atoms with Gasteiger partial charge in [0.15, 0.2) is 0 Å². The molecule has 0 unspecified atom stereocenters. The lowest BCUT2D eigenvalue weighted by Crippen LogP contribution is -2.24. The number of aryl methyl sites for hydroxylation is 1. The number of hydroxylamine groups is 1. The fourth-order valence-corrected chi connectivity index (χ4v) is 2.59. The van der Waals surface area contributed by atoms with Crippen molar-refractivity contribution in [1.29, 1.82) is 0 Å². The largest absolute Gasteiger partial charge is 0.298 e. The van der Waals surface area contributed by atoms with E-state index in [0.29, 0.717) is 40.6 Å². The van der Waals surface area contributed by atoms with Gasteiger partial charge in [0.2, 0.25) is 0 Å². The summed E-state index contributed by atoms with van der Waals surface area (Å²) in [6.07, 6.45) is 2.10. The minimum atomic E-state index is -0.405. The highest BCUT2D eigenvalue weighted by Gasteiger charge is 2.12. The molecule has 0 atom stereocenters. The van der Waals surface area contributed by atoms with Crippen molar-refractivity contribution in [3.63, 3.8) is 0 Å². The van der Waals surface area contributed by atoms with Crippen LogP contribution >= 0.6 is 0 Å². The van der Waals surface area contributed by atoms with Crippen molar-refractivity contribution in [2.24, 2.45) is 0 Å². The van der Waals surface area contributed by atoms with Crippen LogP contribution in [-0.4, -0.2) is 28.4 Å². The first kappa shape index (κ1) is 17.5. The minimum absolute atomic E-state index is 0.316. The first-order chi connectivity index (χ1) is 12.5. The molecule has 0 bridgehead atoms. The van der Waals surface area contributed by atoms with Crippen molar-refractivity contribution in [2.75, 3.05) is 6.61 Å². The molecule has 3 aromatic rings. The molecule has 0 radical (unpaired) electrons. The highest BCUT2D eigenvalue weighted by molar-refractivity contribution is 5.94. The molecule has 1 heterocycles. The Hall–Kier alpha value is -3.32. The second kappa shape index (κ2) is 7.28. The first-order valence-corrected chi connectivity index (χ1v) is 8.05. The number of hydrogen-bond donors (Lipinski definition) is 1. The van der Waals surface area contributed by atoms with Gasteiger partial charge in [-0.3, -0.25) is 23.8 Å². The van der Waals surface area contributed by atoms with Gasteiger partial charge in [0.25, 0.3) is 11.5 Å². The lowest BCUT2D eigenvalue weighted by atomic mass is 10.1. The topological polar surface area (TPSA) is 90.3 Å². The molecule has 3 rings (SSSR count).